The number of aliphatic carboxylic acids is 1. The van der Waals surface area contributed by atoms with Crippen LogP contribution >= 0.6 is 0 Å². The van der Waals surface area contributed by atoms with Gasteiger partial charge in [-0.2, -0.15) is 0 Å². The van der Waals surface area contributed by atoms with Gasteiger partial charge in [-0.05, 0) is 24.7 Å². The Morgan fingerprint density at radius 1 is 1.32 bits per heavy atom. The fourth-order valence-corrected chi connectivity index (χ4v) is 4.73. The molecule has 1 rings (SSSR count). The minimum absolute atomic E-state index is 0.0352. The molecule has 2 N–H and O–H groups in total. The van der Waals surface area contributed by atoms with Crippen LogP contribution in [0.15, 0.2) is 0 Å². The first-order chi connectivity index (χ1) is 8.78. The zero-order valence-electron chi connectivity index (χ0n) is 11.8. The first kappa shape index (κ1) is 16.4. The van der Waals surface area contributed by atoms with Crippen molar-refractivity contribution in [2.24, 2.45) is 5.41 Å². The normalized spacial score (nSPS) is 20.9. The van der Waals surface area contributed by atoms with E-state index in [0.717, 1.165) is 32.1 Å². The Morgan fingerprint density at radius 3 is 2.37 bits per heavy atom. The van der Waals surface area contributed by atoms with E-state index in [1.165, 1.54) is 0 Å². The summed E-state index contributed by atoms with van der Waals surface area (Å²) in [4.78, 5) is 11.0. The highest BCUT2D eigenvalue weighted by molar-refractivity contribution is 7.89. The van der Waals surface area contributed by atoms with Crippen molar-refractivity contribution in [2.75, 3.05) is 5.75 Å². The highest BCUT2D eigenvalue weighted by Gasteiger charge is 2.34. The Hall–Kier alpha value is -0.620. The number of hydrogen-bond acceptors (Lipinski definition) is 3. The lowest BCUT2D eigenvalue weighted by Crippen LogP contribution is -2.44. The summed E-state index contributed by atoms with van der Waals surface area (Å²) in [5.41, 5.74) is -0.209. The van der Waals surface area contributed by atoms with E-state index in [1.807, 2.05) is 13.8 Å². The number of hydrogen-bond donors (Lipinski definition) is 2. The summed E-state index contributed by atoms with van der Waals surface area (Å²) in [6, 6.07) is -0.998. The van der Waals surface area contributed by atoms with Gasteiger partial charge < -0.3 is 5.11 Å². The smallest absolute Gasteiger partial charge is 0.321 e. The third-order valence-electron chi connectivity index (χ3n) is 3.80. The second-order valence-corrected chi connectivity index (χ2v) is 7.68. The van der Waals surface area contributed by atoms with Gasteiger partial charge in [0.2, 0.25) is 10.0 Å². The molecule has 1 fully saturated rings. The van der Waals surface area contributed by atoms with Crippen molar-refractivity contribution in [1.29, 1.82) is 0 Å². The van der Waals surface area contributed by atoms with Gasteiger partial charge in [0.05, 0.1) is 5.75 Å². The first-order valence-electron chi connectivity index (χ1n) is 7.01. The maximum atomic E-state index is 12.1. The average molecular weight is 291 g/mol. The topological polar surface area (TPSA) is 83.5 Å². The molecule has 19 heavy (non-hydrogen) atoms. The van der Waals surface area contributed by atoms with E-state index in [0.29, 0.717) is 12.8 Å². The molecule has 0 bridgehead atoms. The van der Waals surface area contributed by atoms with Crippen LogP contribution in [0.2, 0.25) is 0 Å². The van der Waals surface area contributed by atoms with E-state index in [9.17, 15) is 13.2 Å². The lowest BCUT2D eigenvalue weighted by Gasteiger charge is -2.33. The molecule has 0 aromatic rings. The van der Waals surface area contributed by atoms with Crippen molar-refractivity contribution < 1.29 is 18.3 Å². The number of rotatable bonds is 7. The zero-order chi connectivity index (χ0) is 14.5. The molecule has 0 amide bonds. The fourth-order valence-electron chi connectivity index (χ4n) is 2.79. The molecule has 112 valence electrons. The Bertz CT molecular complexity index is 399. The highest BCUT2D eigenvalue weighted by atomic mass is 32.2. The molecular formula is C13H25NO4S. The van der Waals surface area contributed by atoms with Crippen molar-refractivity contribution >= 4 is 16.0 Å². The lowest BCUT2D eigenvalue weighted by molar-refractivity contribution is -0.139. The van der Waals surface area contributed by atoms with Gasteiger partial charge in [-0.3, -0.25) is 4.79 Å². The monoisotopic (exact) mass is 291 g/mol. The second-order valence-electron chi connectivity index (χ2n) is 5.93. The van der Waals surface area contributed by atoms with Gasteiger partial charge in [0.1, 0.15) is 6.04 Å². The van der Waals surface area contributed by atoms with Gasteiger partial charge in [-0.1, -0.05) is 39.5 Å². The standard InChI is InChI=1S/C13H25NO4S/c1-3-7-11(12(15)16)14-19(17,18)10-13(2)8-5-4-6-9-13/h11,14H,3-10H2,1-2H3,(H,15,16). The van der Waals surface area contributed by atoms with Gasteiger partial charge in [0.25, 0.3) is 0 Å². The number of sulfonamides is 1. The van der Waals surface area contributed by atoms with Gasteiger partial charge in [0, 0.05) is 0 Å². The minimum Gasteiger partial charge on any atom is -0.480 e. The van der Waals surface area contributed by atoms with Crippen molar-refractivity contribution in [3.63, 3.8) is 0 Å². The number of nitrogens with one attached hydrogen (secondary N) is 1. The predicted octanol–water partition coefficient (Wildman–Crippen LogP) is 2.13. The largest absolute Gasteiger partial charge is 0.480 e. The van der Waals surface area contributed by atoms with Gasteiger partial charge in [0.15, 0.2) is 0 Å². The van der Waals surface area contributed by atoms with Crippen LogP contribution in [0, 0.1) is 5.41 Å². The van der Waals surface area contributed by atoms with Crippen molar-refractivity contribution in [3.05, 3.63) is 0 Å². The SMILES string of the molecule is CCCC(NS(=O)(=O)CC1(C)CCCCC1)C(=O)O. The summed E-state index contributed by atoms with van der Waals surface area (Å²) in [7, 11) is -3.54. The minimum atomic E-state index is -3.54. The third kappa shape index (κ3) is 5.48. The summed E-state index contributed by atoms with van der Waals surface area (Å²) in [6.45, 7) is 3.83. The maximum Gasteiger partial charge on any atom is 0.321 e. The third-order valence-corrected chi connectivity index (χ3v) is 5.52. The lowest BCUT2D eigenvalue weighted by atomic mass is 9.77. The molecule has 1 aliphatic carbocycles. The van der Waals surface area contributed by atoms with Crippen LogP contribution in [-0.2, 0) is 14.8 Å². The fraction of sp³-hybridized carbons (Fsp3) is 0.923. The van der Waals surface area contributed by atoms with E-state index in [2.05, 4.69) is 4.72 Å². The molecule has 5 nitrogen and oxygen atoms in total. The summed E-state index contributed by atoms with van der Waals surface area (Å²) < 4.78 is 26.6. The number of carboxylic acids is 1. The molecule has 0 aromatic heterocycles. The van der Waals surface area contributed by atoms with Gasteiger partial charge >= 0.3 is 5.97 Å². The van der Waals surface area contributed by atoms with E-state index >= 15 is 0 Å². The summed E-state index contributed by atoms with van der Waals surface area (Å²) in [6.07, 6.45) is 6.05. The van der Waals surface area contributed by atoms with Crippen molar-refractivity contribution in [1.82, 2.24) is 4.72 Å². The Labute approximate surface area is 115 Å². The summed E-state index contributed by atoms with van der Waals surface area (Å²) in [5.74, 6) is -1.06. The Kier molecular flexibility index (Phi) is 5.80. The number of carbonyl (C=O) groups is 1. The van der Waals surface area contributed by atoms with Crippen LogP contribution in [0.5, 0.6) is 0 Å². The average Bonchev–Trinajstić information content (AvgIpc) is 2.27. The molecule has 0 radical (unpaired) electrons. The second kappa shape index (κ2) is 6.70. The summed E-state index contributed by atoms with van der Waals surface area (Å²) >= 11 is 0. The molecule has 0 aliphatic heterocycles. The molecule has 0 saturated heterocycles. The Morgan fingerprint density at radius 2 is 1.89 bits per heavy atom. The quantitative estimate of drug-likeness (QED) is 0.752. The van der Waals surface area contributed by atoms with Crippen LogP contribution in [0.1, 0.15) is 58.8 Å². The molecule has 1 unspecified atom stereocenters. The molecular weight excluding hydrogens is 266 g/mol. The summed E-state index contributed by atoms with van der Waals surface area (Å²) in [5, 5.41) is 9.01. The van der Waals surface area contributed by atoms with E-state index in [4.69, 9.17) is 5.11 Å². The molecule has 6 heteroatoms. The van der Waals surface area contributed by atoms with Crippen molar-refractivity contribution in [2.45, 2.75) is 64.8 Å². The Balaban J connectivity index is 2.66. The molecule has 0 spiro atoms. The van der Waals surface area contributed by atoms with Gasteiger partial charge in [-0.15, -0.1) is 0 Å². The van der Waals surface area contributed by atoms with Crippen molar-refractivity contribution in [3.8, 4) is 0 Å². The molecule has 0 heterocycles. The molecule has 1 atom stereocenters. The van der Waals surface area contributed by atoms with Crippen LogP contribution in [0.4, 0.5) is 0 Å². The van der Waals surface area contributed by atoms with Crippen LogP contribution in [0.25, 0.3) is 0 Å². The van der Waals surface area contributed by atoms with E-state index in [-0.39, 0.29) is 11.2 Å². The van der Waals surface area contributed by atoms with Crippen LogP contribution in [0.3, 0.4) is 0 Å². The molecule has 1 saturated carbocycles. The predicted molar refractivity (Wildman–Crippen MR) is 74.4 cm³/mol. The van der Waals surface area contributed by atoms with Crippen LogP contribution < -0.4 is 4.72 Å². The maximum absolute atomic E-state index is 12.1. The molecule has 1 aliphatic rings. The molecule has 0 aromatic carbocycles. The van der Waals surface area contributed by atoms with E-state index in [1.54, 1.807) is 0 Å². The van der Waals surface area contributed by atoms with Gasteiger partial charge in [-0.25, -0.2) is 13.1 Å². The van der Waals surface area contributed by atoms with E-state index < -0.39 is 22.0 Å². The first-order valence-corrected chi connectivity index (χ1v) is 8.66. The van der Waals surface area contributed by atoms with Crippen LogP contribution in [-0.4, -0.2) is 31.3 Å². The zero-order valence-corrected chi connectivity index (χ0v) is 12.6. The number of carboxylic acid groups (broad SMARTS) is 1. The highest BCUT2D eigenvalue weighted by Crippen LogP contribution is 2.36.